The molecule has 0 spiro atoms. The van der Waals surface area contributed by atoms with Gasteiger partial charge in [-0.1, -0.05) is 65.6 Å². The van der Waals surface area contributed by atoms with Crippen molar-refractivity contribution in [3.05, 3.63) is 83.2 Å². The average molecular weight is 507 g/mol. The zero-order valence-electron chi connectivity index (χ0n) is 18.4. The summed E-state index contributed by atoms with van der Waals surface area (Å²) in [6, 6.07) is 17.3. The minimum Gasteiger partial charge on any atom is -0.301 e. The Morgan fingerprint density at radius 2 is 1.69 bits per heavy atom. The highest BCUT2D eigenvalue weighted by molar-refractivity contribution is 8.00. The van der Waals surface area contributed by atoms with E-state index < -0.39 is 0 Å². The maximum Gasteiger partial charge on any atom is 0.261 e. The molecule has 3 amide bonds. The van der Waals surface area contributed by atoms with Gasteiger partial charge in [-0.3, -0.25) is 19.3 Å². The Hall–Kier alpha value is -3.63. The van der Waals surface area contributed by atoms with Gasteiger partial charge < -0.3 is 5.32 Å². The van der Waals surface area contributed by atoms with Crippen molar-refractivity contribution in [2.24, 2.45) is 0 Å². The van der Waals surface area contributed by atoms with Crippen molar-refractivity contribution in [3.8, 4) is 0 Å². The maximum absolute atomic E-state index is 13.8. The van der Waals surface area contributed by atoms with Crippen molar-refractivity contribution in [1.29, 1.82) is 0 Å². The highest BCUT2D eigenvalue weighted by Gasteiger charge is 2.32. The molecule has 1 aliphatic rings. The Labute approximate surface area is 208 Å². The fourth-order valence-corrected chi connectivity index (χ4v) is 5.69. The van der Waals surface area contributed by atoms with Crippen LogP contribution in [0, 0.1) is 5.82 Å². The third kappa shape index (κ3) is 4.80. The average Bonchev–Trinajstić information content (AvgIpc) is 3.31. The van der Waals surface area contributed by atoms with Crippen LogP contribution in [0.3, 0.4) is 0 Å². The second-order valence-corrected chi connectivity index (χ2v) is 10.1. The van der Waals surface area contributed by atoms with Gasteiger partial charge in [0.2, 0.25) is 11.0 Å². The normalized spacial score (nSPS) is 12.9. The molecular weight excluding hydrogens is 487 g/mol. The minimum atomic E-state index is -0.347. The summed E-state index contributed by atoms with van der Waals surface area (Å²) >= 11 is 2.54. The predicted molar refractivity (Wildman–Crippen MR) is 133 cm³/mol. The Bertz CT molecular complexity index is 1400. The smallest absolute Gasteiger partial charge is 0.261 e. The fraction of sp³-hybridized carbons (Fsp3) is 0.160. The minimum absolute atomic E-state index is 0.111. The first kappa shape index (κ1) is 23.1. The summed E-state index contributed by atoms with van der Waals surface area (Å²) in [6.07, 6.45) is 0.426. The standard InChI is InChI=1S/C25H19FN4O3S2/c26-19-11-2-1-6-16(19)14-34-25-29-28-24(35-25)27-20(31)12-5-13-30-22(32)17-9-3-7-15-8-4-10-18(21(15)17)23(30)33/h1-4,6-11H,5,12-14H2,(H,27,28,31). The largest absolute Gasteiger partial charge is 0.301 e. The zero-order valence-corrected chi connectivity index (χ0v) is 20.0. The van der Waals surface area contributed by atoms with Crippen LogP contribution in [0.2, 0.25) is 0 Å². The molecule has 0 saturated carbocycles. The van der Waals surface area contributed by atoms with Gasteiger partial charge in [-0.2, -0.15) is 0 Å². The molecule has 2 heterocycles. The van der Waals surface area contributed by atoms with Crippen molar-refractivity contribution in [3.63, 3.8) is 0 Å². The topological polar surface area (TPSA) is 92.3 Å². The number of nitrogens with one attached hydrogen (secondary N) is 1. The van der Waals surface area contributed by atoms with Crippen LogP contribution in [0.1, 0.15) is 39.1 Å². The van der Waals surface area contributed by atoms with E-state index >= 15 is 0 Å². The molecule has 5 rings (SSSR count). The second-order valence-electron chi connectivity index (χ2n) is 7.88. The zero-order chi connectivity index (χ0) is 24.4. The summed E-state index contributed by atoms with van der Waals surface area (Å²) in [7, 11) is 0. The van der Waals surface area contributed by atoms with Crippen molar-refractivity contribution in [2.45, 2.75) is 22.9 Å². The molecule has 3 aromatic carbocycles. The molecule has 35 heavy (non-hydrogen) atoms. The molecular formula is C25H19FN4O3S2. The lowest BCUT2D eigenvalue weighted by atomic mass is 9.94. The number of carbonyl (C=O) groups excluding carboxylic acids is 3. The lowest BCUT2D eigenvalue weighted by Crippen LogP contribution is -2.41. The van der Waals surface area contributed by atoms with Crippen LogP contribution in [0.5, 0.6) is 0 Å². The molecule has 0 atom stereocenters. The molecule has 4 aromatic rings. The number of imide groups is 1. The summed E-state index contributed by atoms with van der Waals surface area (Å²) in [6.45, 7) is 0.135. The van der Waals surface area contributed by atoms with Crippen molar-refractivity contribution >= 4 is 56.7 Å². The van der Waals surface area contributed by atoms with Crippen LogP contribution in [0.4, 0.5) is 9.52 Å². The van der Waals surface area contributed by atoms with Crippen LogP contribution in [0.25, 0.3) is 10.8 Å². The summed E-state index contributed by atoms with van der Waals surface area (Å²) < 4.78 is 14.4. The highest BCUT2D eigenvalue weighted by atomic mass is 32.2. The first-order chi connectivity index (χ1) is 17.0. The number of benzene rings is 3. The van der Waals surface area contributed by atoms with E-state index in [2.05, 4.69) is 15.5 Å². The molecule has 0 aliphatic carbocycles. The lowest BCUT2D eigenvalue weighted by Gasteiger charge is -2.27. The predicted octanol–water partition coefficient (Wildman–Crippen LogP) is 5.14. The molecule has 10 heteroatoms. The number of carbonyl (C=O) groups is 3. The van der Waals surface area contributed by atoms with Gasteiger partial charge in [-0.15, -0.1) is 10.2 Å². The quantitative estimate of drug-likeness (QED) is 0.202. The van der Waals surface area contributed by atoms with Gasteiger partial charge >= 0.3 is 0 Å². The van der Waals surface area contributed by atoms with Crippen LogP contribution in [0.15, 0.2) is 65.0 Å². The van der Waals surface area contributed by atoms with Crippen LogP contribution in [-0.4, -0.2) is 39.4 Å². The first-order valence-corrected chi connectivity index (χ1v) is 12.7. The van der Waals surface area contributed by atoms with Crippen LogP contribution >= 0.6 is 23.1 Å². The third-order valence-electron chi connectivity index (χ3n) is 5.60. The van der Waals surface area contributed by atoms with E-state index in [1.807, 2.05) is 12.1 Å². The van der Waals surface area contributed by atoms with Gasteiger partial charge in [-0.05, 0) is 35.6 Å². The van der Waals surface area contributed by atoms with Crippen LogP contribution in [-0.2, 0) is 10.5 Å². The molecule has 1 aromatic heterocycles. The van der Waals surface area contributed by atoms with Gasteiger partial charge in [0, 0.05) is 35.2 Å². The number of thioether (sulfide) groups is 1. The monoisotopic (exact) mass is 506 g/mol. The molecule has 0 fully saturated rings. The van der Waals surface area contributed by atoms with Gasteiger partial charge in [-0.25, -0.2) is 4.39 Å². The van der Waals surface area contributed by atoms with Crippen LogP contribution < -0.4 is 5.32 Å². The molecule has 0 unspecified atom stereocenters. The molecule has 7 nitrogen and oxygen atoms in total. The molecule has 0 bridgehead atoms. The Balaban J connectivity index is 1.14. The summed E-state index contributed by atoms with van der Waals surface area (Å²) in [4.78, 5) is 39.4. The lowest BCUT2D eigenvalue weighted by molar-refractivity contribution is -0.116. The van der Waals surface area contributed by atoms with Gasteiger partial charge in [0.05, 0.1) is 0 Å². The van der Waals surface area contributed by atoms with Gasteiger partial charge in [0.25, 0.3) is 11.8 Å². The number of hydrogen-bond acceptors (Lipinski definition) is 7. The Morgan fingerprint density at radius 3 is 2.40 bits per heavy atom. The number of rotatable bonds is 8. The maximum atomic E-state index is 13.8. The molecule has 1 N–H and O–H groups in total. The number of halogens is 1. The Kier molecular flexibility index (Phi) is 6.56. The molecule has 0 saturated heterocycles. The summed E-state index contributed by atoms with van der Waals surface area (Å²) in [5.74, 6) is -0.847. The number of anilines is 1. The summed E-state index contributed by atoms with van der Waals surface area (Å²) in [5, 5.41) is 12.6. The number of aromatic nitrogens is 2. The van der Waals surface area contributed by atoms with E-state index in [4.69, 9.17) is 0 Å². The number of hydrogen-bond donors (Lipinski definition) is 1. The van der Waals surface area contributed by atoms with Gasteiger partial charge in [0.15, 0.2) is 4.34 Å². The van der Waals surface area contributed by atoms with E-state index in [1.54, 1.807) is 42.5 Å². The first-order valence-electron chi connectivity index (χ1n) is 10.9. The number of amides is 3. The summed E-state index contributed by atoms with van der Waals surface area (Å²) in [5.41, 5.74) is 1.56. The van der Waals surface area contributed by atoms with E-state index in [-0.39, 0.29) is 36.5 Å². The third-order valence-corrected chi connectivity index (χ3v) is 7.62. The van der Waals surface area contributed by atoms with Crippen molar-refractivity contribution in [1.82, 2.24) is 15.1 Å². The van der Waals surface area contributed by atoms with E-state index in [1.165, 1.54) is 34.1 Å². The number of nitrogens with zero attached hydrogens (tertiary/aromatic N) is 3. The molecule has 1 aliphatic heterocycles. The van der Waals surface area contributed by atoms with Gasteiger partial charge in [0.1, 0.15) is 5.82 Å². The highest BCUT2D eigenvalue weighted by Crippen LogP contribution is 2.31. The van der Waals surface area contributed by atoms with Crippen molar-refractivity contribution < 1.29 is 18.8 Å². The van der Waals surface area contributed by atoms with E-state index in [0.29, 0.717) is 43.7 Å². The SMILES string of the molecule is O=C(CCCN1C(=O)c2cccc3cccc(c23)C1=O)Nc1nnc(SCc2ccccc2F)s1. The Morgan fingerprint density at radius 1 is 0.971 bits per heavy atom. The molecule has 176 valence electrons. The molecule has 0 radical (unpaired) electrons. The second kappa shape index (κ2) is 9.93. The fourth-order valence-electron chi connectivity index (χ4n) is 3.94. The van der Waals surface area contributed by atoms with Crippen molar-refractivity contribution in [2.75, 3.05) is 11.9 Å². The van der Waals surface area contributed by atoms with E-state index in [0.717, 1.165) is 5.39 Å². The van der Waals surface area contributed by atoms with E-state index in [9.17, 15) is 18.8 Å².